The number of carbonyl (C=O) groups is 1. The minimum atomic E-state index is -0.598. The van der Waals surface area contributed by atoms with Crippen molar-refractivity contribution in [3.63, 3.8) is 0 Å². The van der Waals surface area contributed by atoms with Crippen LogP contribution in [0.3, 0.4) is 0 Å². The number of ether oxygens (including phenoxy) is 1. The second kappa shape index (κ2) is 4.92. The number of rotatable bonds is 6. The van der Waals surface area contributed by atoms with Crippen molar-refractivity contribution >= 4 is 5.91 Å². The second-order valence-electron chi connectivity index (χ2n) is 5.14. The van der Waals surface area contributed by atoms with Crippen LogP contribution in [-0.2, 0) is 9.53 Å². The van der Waals surface area contributed by atoms with Crippen molar-refractivity contribution in [2.24, 2.45) is 11.7 Å². The summed E-state index contributed by atoms with van der Waals surface area (Å²) in [6, 6.07) is 0. The van der Waals surface area contributed by atoms with Gasteiger partial charge < -0.3 is 20.5 Å². The molecule has 3 N–H and O–H groups in total. The fraction of sp³-hybridized carbons (Fsp3) is 0.917. The average molecular weight is 242 g/mol. The molecule has 17 heavy (non-hydrogen) atoms. The maximum atomic E-state index is 11.9. The van der Waals surface area contributed by atoms with Gasteiger partial charge >= 0.3 is 0 Å². The molecule has 5 nitrogen and oxygen atoms in total. The third-order valence-corrected chi connectivity index (χ3v) is 3.69. The molecule has 1 atom stereocenters. The van der Waals surface area contributed by atoms with Crippen LogP contribution < -0.4 is 5.73 Å². The highest BCUT2D eigenvalue weighted by Gasteiger charge is 2.53. The molecule has 0 aromatic rings. The molecule has 0 radical (unpaired) electrons. The number of β-amino-alcohol motifs (C(OH)–C–C–N with tert-alkyl or cyclic N) is 1. The number of likely N-dealkylation sites (tertiary alicyclic amines) is 1. The van der Waals surface area contributed by atoms with E-state index >= 15 is 0 Å². The Morgan fingerprint density at radius 3 is 2.71 bits per heavy atom. The van der Waals surface area contributed by atoms with Gasteiger partial charge in [-0.3, -0.25) is 4.79 Å². The van der Waals surface area contributed by atoms with Crippen LogP contribution in [0.2, 0.25) is 0 Å². The van der Waals surface area contributed by atoms with E-state index in [2.05, 4.69) is 0 Å². The van der Waals surface area contributed by atoms with Gasteiger partial charge in [0.2, 0.25) is 5.91 Å². The van der Waals surface area contributed by atoms with Crippen molar-refractivity contribution in [3.8, 4) is 0 Å². The van der Waals surface area contributed by atoms with E-state index in [9.17, 15) is 9.90 Å². The van der Waals surface area contributed by atoms with Gasteiger partial charge in [0.05, 0.1) is 25.6 Å². The highest BCUT2D eigenvalue weighted by Crippen LogP contribution is 2.44. The Kier molecular flexibility index (Phi) is 3.70. The van der Waals surface area contributed by atoms with Gasteiger partial charge in [-0.2, -0.15) is 0 Å². The molecule has 0 aromatic carbocycles. The number of hydrogen-bond donors (Lipinski definition) is 2. The van der Waals surface area contributed by atoms with E-state index < -0.39 is 5.60 Å². The number of nitrogens with two attached hydrogens (primary N) is 1. The number of carbonyl (C=O) groups excluding carboxylic acids is 1. The summed E-state index contributed by atoms with van der Waals surface area (Å²) < 4.78 is 5.36. The summed E-state index contributed by atoms with van der Waals surface area (Å²) in [5, 5.41) is 10.1. The lowest BCUT2D eigenvalue weighted by molar-refractivity contribution is -0.161. The standard InChI is InChI=1S/C12H22N2O3/c1-2-17-10(6-13)5-11(15)14-7-12(16,8-14)9-3-4-9/h9-10,16H,2-8,13H2,1H3. The Morgan fingerprint density at radius 1 is 1.59 bits per heavy atom. The lowest BCUT2D eigenvalue weighted by atomic mass is 9.88. The van der Waals surface area contributed by atoms with Gasteiger partial charge in [-0.1, -0.05) is 0 Å². The van der Waals surface area contributed by atoms with Crippen LogP contribution in [0.25, 0.3) is 0 Å². The fourth-order valence-electron chi connectivity index (χ4n) is 2.44. The number of hydrogen-bond acceptors (Lipinski definition) is 4. The lowest BCUT2D eigenvalue weighted by Gasteiger charge is -2.47. The van der Waals surface area contributed by atoms with Crippen LogP contribution in [0.5, 0.6) is 0 Å². The van der Waals surface area contributed by atoms with E-state index in [4.69, 9.17) is 10.5 Å². The first-order chi connectivity index (χ1) is 8.09. The first-order valence-electron chi connectivity index (χ1n) is 6.41. The highest BCUT2D eigenvalue weighted by atomic mass is 16.5. The molecule has 1 saturated carbocycles. The zero-order chi connectivity index (χ0) is 12.5. The molecule has 5 heteroatoms. The van der Waals surface area contributed by atoms with E-state index in [1.54, 1.807) is 4.90 Å². The molecule has 1 heterocycles. The molecule has 0 bridgehead atoms. The summed E-state index contributed by atoms with van der Waals surface area (Å²) in [7, 11) is 0. The van der Waals surface area contributed by atoms with Crippen molar-refractivity contribution in [1.29, 1.82) is 0 Å². The van der Waals surface area contributed by atoms with E-state index in [1.165, 1.54) is 0 Å². The summed E-state index contributed by atoms with van der Waals surface area (Å²) in [4.78, 5) is 13.6. The predicted molar refractivity (Wildman–Crippen MR) is 63.3 cm³/mol. The van der Waals surface area contributed by atoms with Crippen molar-refractivity contribution in [2.45, 2.75) is 37.9 Å². The summed E-state index contributed by atoms with van der Waals surface area (Å²) in [6.07, 6.45) is 2.33. The third-order valence-electron chi connectivity index (χ3n) is 3.69. The molecule has 1 aliphatic carbocycles. The van der Waals surface area contributed by atoms with E-state index in [1.807, 2.05) is 6.92 Å². The van der Waals surface area contributed by atoms with Crippen LogP contribution in [0.4, 0.5) is 0 Å². The van der Waals surface area contributed by atoms with Crippen LogP contribution in [0, 0.1) is 5.92 Å². The maximum absolute atomic E-state index is 11.9. The van der Waals surface area contributed by atoms with Crippen LogP contribution >= 0.6 is 0 Å². The molecule has 1 amide bonds. The summed E-state index contributed by atoms with van der Waals surface area (Å²) in [5.41, 5.74) is 4.94. The van der Waals surface area contributed by atoms with Gasteiger partial charge in [-0.15, -0.1) is 0 Å². The first-order valence-corrected chi connectivity index (χ1v) is 6.41. The summed E-state index contributed by atoms with van der Waals surface area (Å²) in [6.45, 7) is 3.80. The Bertz CT molecular complexity index is 285. The Labute approximate surface area is 102 Å². The minimum absolute atomic E-state index is 0.0409. The highest BCUT2D eigenvalue weighted by molar-refractivity contribution is 5.78. The second-order valence-corrected chi connectivity index (χ2v) is 5.14. The van der Waals surface area contributed by atoms with Gasteiger partial charge in [-0.05, 0) is 25.7 Å². The monoisotopic (exact) mass is 242 g/mol. The quantitative estimate of drug-likeness (QED) is 0.672. The molecule has 2 fully saturated rings. The van der Waals surface area contributed by atoms with Crippen molar-refractivity contribution in [3.05, 3.63) is 0 Å². The largest absolute Gasteiger partial charge is 0.386 e. The van der Waals surface area contributed by atoms with Gasteiger partial charge in [0, 0.05) is 13.2 Å². The van der Waals surface area contributed by atoms with Gasteiger partial charge in [0.1, 0.15) is 5.60 Å². The molecular weight excluding hydrogens is 220 g/mol. The van der Waals surface area contributed by atoms with Gasteiger partial charge in [0.25, 0.3) is 0 Å². The SMILES string of the molecule is CCOC(CN)CC(=O)N1CC(O)(C2CC2)C1. The molecule has 2 aliphatic rings. The minimum Gasteiger partial charge on any atom is -0.386 e. The molecular formula is C12H22N2O3. The van der Waals surface area contributed by atoms with Gasteiger partial charge in [0.15, 0.2) is 0 Å². The fourth-order valence-corrected chi connectivity index (χ4v) is 2.44. The van der Waals surface area contributed by atoms with Crippen molar-refractivity contribution < 1.29 is 14.6 Å². The maximum Gasteiger partial charge on any atom is 0.225 e. The van der Waals surface area contributed by atoms with Gasteiger partial charge in [-0.25, -0.2) is 0 Å². The molecule has 0 spiro atoms. The van der Waals surface area contributed by atoms with E-state index in [0.29, 0.717) is 38.6 Å². The van der Waals surface area contributed by atoms with Crippen LogP contribution in [-0.4, -0.2) is 53.9 Å². The Hall–Kier alpha value is -0.650. The molecule has 1 aliphatic heterocycles. The number of nitrogens with zero attached hydrogens (tertiary/aromatic N) is 1. The predicted octanol–water partition coefficient (Wildman–Crippen LogP) is -0.276. The van der Waals surface area contributed by atoms with Crippen molar-refractivity contribution in [2.75, 3.05) is 26.2 Å². The smallest absolute Gasteiger partial charge is 0.225 e. The molecule has 2 rings (SSSR count). The zero-order valence-electron chi connectivity index (χ0n) is 10.4. The number of amides is 1. The van der Waals surface area contributed by atoms with E-state index in [0.717, 1.165) is 12.8 Å². The topological polar surface area (TPSA) is 75.8 Å². The van der Waals surface area contributed by atoms with Crippen molar-refractivity contribution in [1.82, 2.24) is 4.90 Å². The lowest BCUT2D eigenvalue weighted by Crippen LogP contribution is -2.65. The average Bonchev–Trinajstić information content (AvgIpc) is 3.07. The molecule has 1 saturated heterocycles. The van der Waals surface area contributed by atoms with Crippen LogP contribution in [0.1, 0.15) is 26.2 Å². The summed E-state index contributed by atoms with van der Waals surface area (Å²) >= 11 is 0. The third kappa shape index (κ3) is 2.78. The van der Waals surface area contributed by atoms with Crippen LogP contribution in [0.15, 0.2) is 0 Å². The first kappa shape index (κ1) is 12.8. The number of aliphatic hydroxyl groups is 1. The zero-order valence-corrected chi connectivity index (χ0v) is 10.4. The summed E-state index contributed by atoms with van der Waals surface area (Å²) in [5.74, 6) is 0.461. The Balaban J connectivity index is 1.74. The molecule has 1 unspecified atom stereocenters. The molecule has 0 aromatic heterocycles. The normalized spacial score (nSPS) is 24.3. The van der Waals surface area contributed by atoms with E-state index in [-0.39, 0.29) is 12.0 Å². The Morgan fingerprint density at radius 2 is 2.24 bits per heavy atom. The molecule has 98 valence electrons.